The van der Waals surface area contributed by atoms with Gasteiger partial charge in [0.1, 0.15) is 0 Å². The summed E-state index contributed by atoms with van der Waals surface area (Å²) in [5, 5.41) is 10.5. The molecule has 2 unspecified atom stereocenters. The molecule has 1 amide bonds. The zero-order valence-electron chi connectivity index (χ0n) is 12.6. The Morgan fingerprint density at radius 3 is 2.33 bits per heavy atom. The summed E-state index contributed by atoms with van der Waals surface area (Å²) in [6.45, 7) is 2.70. The summed E-state index contributed by atoms with van der Waals surface area (Å²) in [5.41, 5.74) is 1.01. The van der Waals surface area contributed by atoms with Gasteiger partial charge in [0.15, 0.2) is 0 Å². The summed E-state index contributed by atoms with van der Waals surface area (Å²) >= 11 is 0. The number of nitrogens with zero attached hydrogens (tertiary/aromatic N) is 2. The third-order valence-electron chi connectivity index (χ3n) is 5.00. The molecule has 21 heavy (non-hydrogen) atoms. The molecule has 114 valence electrons. The molecule has 2 heterocycles. The molecular formula is C17H24N2O2. The minimum atomic E-state index is -0.379. The SMILES string of the molecule is CN1CCC(N2CCC(C(O)c3ccccc3)CC2)C1=O. The number of benzene rings is 1. The largest absolute Gasteiger partial charge is 0.388 e. The maximum absolute atomic E-state index is 12.1. The van der Waals surface area contributed by atoms with Crippen molar-refractivity contribution in [1.29, 1.82) is 0 Å². The highest BCUT2D eigenvalue weighted by atomic mass is 16.3. The fourth-order valence-corrected chi connectivity index (χ4v) is 3.61. The van der Waals surface area contributed by atoms with Crippen LogP contribution in [0.1, 0.15) is 30.9 Å². The van der Waals surface area contributed by atoms with Crippen molar-refractivity contribution in [3.05, 3.63) is 35.9 Å². The minimum absolute atomic E-state index is 0.0739. The number of likely N-dealkylation sites (tertiary alicyclic amines) is 2. The first-order valence-electron chi connectivity index (χ1n) is 7.89. The molecule has 0 aromatic heterocycles. The number of amides is 1. The van der Waals surface area contributed by atoms with E-state index in [1.165, 1.54) is 0 Å². The van der Waals surface area contributed by atoms with Gasteiger partial charge in [-0.3, -0.25) is 9.69 Å². The van der Waals surface area contributed by atoms with Crippen LogP contribution in [0.3, 0.4) is 0 Å². The van der Waals surface area contributed by atoms with Crippen LogP contribution in [0.15, 0.2) is 30.3 Å². The molecule has 0 radical (unpaired) electrons. The highest BCUT2D eigenvalue weighted by molar-refractivity contribution is 5.83. The second kappa shape index (κ2) is 6.16. The van der Waals surface area contributed by atoms with Crippen molar-refractivity contribution in [2.45, 2.75) is 31.4 Å². The van der Waals surface area contributed by atoms with Crippen LogP contribution in [0.4, 0.5) is 0 Å². The van der Waals surface area contributed by atoms with Gasteiger partial charge < -0.3 is 10.0 Å². The van der Waals surface area contributed by atoms with Gasteiger partial charge in [-0.15, -0.1) is 0 Å². The Morgan fingerprint density at radius 1 is 1.10 bits per heavy atom. The van der Waals surface area contributed by atoms with E-state index in [1.54, 1.807) is 0 Å². The van der Waals surface area contributed by atoms with Gasteiger partial charge in [0, 0.05) is 13.6 Å². The quantitative estimate of drug-likeness (QED) is 0.920. The van der Waals surface area contributed by atoms with Gasteiger partial charge in [0.2, 0.25) is 5.91 Å². The van der Waals surface area contributed by atoms with Gasteiger partial charge in [-0.05, 0) is 43.8 Å². The summed E-state index contributed by atoms with van der Waals surface area (Å²) in [6.07, 6.45) is 2.49. The Kier molecular flexibility index (Phi) is 4.27. The van der Waals surface area contributed by atoms with Gasteiger partial charge in [-0.2, -0.15) is 0 Å². The van der Waals surface area contributed by atoms with Gasteiger partial charge in [0.25, 0.3) is 0 Å². The van der Waals surface area contributed by atoms with E-state index in [-0.39, 0.29) is 18.1 Å². The van der Waals surface area contributed by atoms with Gasteiger partial charge >= 0.3 is 0 Å². The molecule has 0 saturated carbocycles. The smallest absolute Gasteiger partial charge is 0.239 e. The minimum Gasteiger partial charge on any atom is -0.388 e. The van der Waals surface area contributed by atoms with Crippen molar-refractivity contribution in [1.82, 2.24) is 9.80 Å². The van der Waals surface area contributed by atoms with E-state index < -0.39 is 0 Å². The molecule has 4 heteroatoms. The summed E-state index contributed by atoms with van der Waals surface area (Å²) in [6, 6.07) is 9.98. The predicted molar refractivity (Wildman–Crippen MR) is 81.7 cm³/mol. The number of hydrogen-bond acceptors (Lipinski definition) is 3. The third kappa shape index (κ3) is 2.97. The van der Waals surface area contributed by atoms with Crippen molar-refractivity contribution in [3.63, 3.8) is 0 Å². The van der Waals surface area contributed by atoms with Crippen LogP contribution in [0.5, 0.6) is 0 Å². The first-order chi connectivity index (χ1) is 10.2. The lowest BCUT2D eigenvalue weighted by molar-refractivity contribution is -0.131. The average Bonchev–Trinajstić information content (AvgIpc) is 2.87. The molecule has 2 saturated heterocycles. The van der Waals surface area contributed by atoms with Gasteiger partial charge in [-0.25, -0.2) is 0 Å². The zero-order chi connectivity index (χ0) is 14.8. The lowest BCUT2D eigenvalue weighted by Gasteiger charge is -2.36. The maximum Gasteiger partial charge on any atom is 0.239 e. The number of piperidine rings is 1. The summed E-state index contributed by atoms with van der Waals surface area (Å²) in [7, 11) is 1.88. The number of carbonyl (C=O) groups is 1. The molecule has 1 aromatic rings. The number of rotatable bonds is 3. The predicted octanol–water partition coefficient (Wildman–Crippen LogP) is 1.66. The van der Waals surface area contributed by atoms with Crippen LogP contribution >= 0.6 is 0 Å². The summed E-state index contributed by atoms with van der Waals surface area (Å²) in [5.74, 6) is 0.565. The molecule has 4 nitrogen and oxygen atoms in total. The Bertz CT molecular complexity index is 483. The van der Waals surface area contributed by atoms with Crippen LogP contribution in [0.25, 0.3) is 0 Å². The maximum atomic E-state index is 12.1. The second-order valence-electron chi connectivity index (χ2n) is 6.29. The van der Waals surface area contributed by atoms with Crippen molar-refractivity contribution < 1.29 is 9.90 Å². The molecule has 1 aromatic carbocycles. The van der Waals surface area contributed by atoms with E-state index in [1.807, 2.05) is 42.3 Å². The van der Waals surface area contributed by atoms with E-state index in [0.29, 0.717) is 5.92 Å². The molecule has 0 aliphatic carbocycles. The van der Waals surface area contributed by atoms with Crippen LogP contribution in [0, 0.1) is 5.92 Å². The standard InChI is InChI=1S/C17H24N2O2/c1-18-10-9-15(17(18)21)19-11-7-14(8-12-19)16(20)13-5-3-2-4-6-13/h2-6,14-16,20H,7-12H2,1H3. The fourth-order valence-electron chi connectivity index (χ4n) is 3.61. The van der Waals surface area contributed by atoms with E-state index >= 15 is 0 Å². The van der Waals surface area contributed by atoms with Crippen LogP contribution < -0.4 is 0 Å². The highest BCUT2D eigenvalue weighted by Gasteiger charge is 2.36. The number of carbonyl (C=O) groups excluding carboxylic acids is 1. The lowest BCUT2D eigenvalue weighted by Crippen LogP contribution is -2.46. The molecule has 2 atom stereocenters. The van der Waals surface area contributed by atoms with Crippen LogP contribution in [-0.2, 0) is 4.79 Å². The molecule has 3 rings (SSSR count). The zero-order valence-corrected chi connectivity index (χ0v) is 12.6. The Labute approximate surface area is 126 Å². The topological polar surface area (TPSA) is 43.8 Å². The monoisotopic (exact) mass is 288 g/mol. The van der Waals surface area contributed by atoms with E-state index in [2.05, 4.69) is 4.90 Å². The molecule has 0 spiro atoms. The average molecular weight is 288 g/mol. The van der Waals surface area contributed by atoms with Crippen molar-refractivity contribution in [3.8, 4) is 0 Å². The Morgan fingerprint density at radius 2 is 1.76 bits per heavy atom. The number of aliphatic hydroxyl groups excluding tert-OH is 1. The number of likely N-dealkylation sites (N-methyl/N-ethyl adjacent to an activating group) is 1. The molecule has 2 aliphatic heterocycles. The van der Waals surface area contributed by atoms with Gasteiger partial charge in [0.05, 0.1) is 12.1 Å². The molecule has 2 aliphatic rings. The number of aliphatic hydroxyl groups is 1. The normalized spacial score (nSPS) is 26.3. The number of hydrogen-bond donors (Lipinski definition) is 1. The molecule has 0 bridgehead atoms. The molecular weight excluding hydrogens is 264 g/mol. The lowest BCUT2D eigenvalue weighted by atomic mass is 9.87. The van der Waals surface area contributed by atoms with Crippen molar-refractivity contribution >= 4 is 5.91 Å². The van der Waals surface area contributed by atoms with Crippen LogP contribution in [-0.4, -0.2) is 53.5 Å². The summed E-state index contributed by atoms with van der Waals surface area (Å²) in [4.78, 5) is 16.2. The van der Waals surface area contributed by atoms with Crippen molar-refractivity contribution in [2.75, 3.05) is 26.7 Å². The summed E-state index contributed by atoms with van der Waals surface area (Å²) < 4.78 is 0. The van der Waals surface area contributed by atoms with E-state index in [0.717, 1.165) is 44.5 Å². The van der Waals surface area contributed by atoms with E-state index in [9.17, 15) is 9.90 Å². The second-order valence-corrected chi connectivity index (χ2v) is 6.29. The molecule has 2 fully saturated rings. The van der Waals surface area contributed by atoms with Gasteiger partial charge in [-0.1, -0.05) is 30.3 Å². The first kappa shape index (κ1) is 14.5. The molecule has 1 N–H and O–H groups in total. The third-order valence-corrected chi connectivity index (χ3v) is 5.00. The first-order valence-corrected chi connectivity index (χ1v) is 7.89. The highest BCUT2D eigenvalue weighted by Crippen LogP contribution is 2.32. The Balaban J connectivity index is 1.57. The van der Waals surface area contributed by atoms with Crippen LogP contribution in [0.2, 0.25) is 0 Å². The van der Waals surface area contributed by atoms with Crippen molar-refractivity contribution in [2.24, 2.45) is 5.92 Å². The Hall–Kier alpha value is -1.39. The fraction of sp³-hybridized carbons (Fsp3) is 0.588. The van der Waals surface area contributed by atoms with E-state index in [4.69, 9.17) is 0 Å².